The highest BCUT2D eigenvalue weighted by atomic mass is 79.9. The molecule has 0 aliphatic rings. The van der Waals surface area contributed by atoms with E-state index in [1.54, 1.807) is 42.7 Å². The summed E-state index contributed by atoms with van der Waals surface area (Å²) >= 11 is 3.35. The van der Waals surface area contributed by atoms with Gasteiger partial charge in [-0.15, -0.1) is 0 Å². The van der Waals surface area contributed by atoms with Gasteiger partial charge in [-0.2, -0.15) is 5.10 Å². The van der Waals surface area contributed by atoms with Crippen molar-refractivity contribution in [1.29, 1.82) is 0 Å². The van der Waals surface area contributed by atoms with E-state index < -0.39 is 12.0 Å². The van der Waals surface area contributed by atoms with Gasteiger partial charge in [0, 0.05) is 22.8 Å². The molecule has 1 unspecified atom stereocenters. The van der Waals surface area contributed by atoms with Crippen LogP contribution in [-0.2, 0) is 4.79 Å². The third-order valence-electron chi connectivity index (χ3n) is 4.51. The van der Waals surface area contributed by atoms with E-state index in [9.17, 15) is 9.90 Å². The Bertz CT molecular complexity index is 959. The van der Waals surface area contributed by atoms with E-state index in [0.29, 0.717) is 23.6 Å². The van der Waals surface area contributed by atoms with Gasteiger partial charge in [0.2, 0.25) is 0 Å². The summed E-state index contributed by atoms with van der Waals surface area (Å²) in [6, 6.07) is 12.5. The van der Waals surface area contributed by atoms with Gasteiger partial charge in [-0.25, -0.2) is 0 Å². The van der Waals surface area contributed by atoms with Crippen molar-refractivity contribution >= 4 is 27.5 Å². The average molecular weight is 473 g/mol. The van der Waals surface area contributed by atoms with Crippen LogP contribution < -0.4 is 10.1 Å². The lowest BCUT2D eigenvalue weighted by Gasteiger charge is -2.17. The Kier molecular flexibility index (Phi) is 7.62. The molecule has 0 fully saturated rings. The summed E-state index contributed by atoms with van der Waals surface area (Å²) in [7, 11) is 4.02. The highest BCUT2D eigenvalue weighted by molar-refractivity contribution is 9.10. The number of aliphatic hydroxyl groups is 1. The number of halogens is 1. The Morgan fingerprint density at radius 1 is 1.23 bits per heavy atom. The number of hydrogen-bond acceptors (Lipinski definition) is 5. The number of H-pyrrole nitrogens is 1. The minimum Gasteiger partial charge on any atom is -0.491 e. The summed E-state index contributed by atoms with van der Waals surface area (Å²) in [6.45, 7) is 1.40. The number of anilines is 1. The normalized spacial score (nSPS) is 12.0. The van der Waals surface area contributed by atoms with E-state index in [2.05, 4.69) is 36.3 Å². The zero-order chi connectivity index (χ0) is 21.5. The topological polar surface area (TPSA) is 90.5 Å². The van der Waals surface area contributed by atoms with Crippen LogP contribution in [0.4, 0.5) is 5.69 Å². The molecule has 30 heavy (non-hydrogen) atoms. The summed E-state index contributed by atoms with van der Waals surface area (Å²) < 4.78 is 6.85. The Balaban J connectivity index is 1.77. The first-order valence-corrected chi connectivity index (χ1v) is 10.4. The van der Waals surface area contributed by atoms with Crippen molar-refractivity contribution in [3.05, 3.63) is 64.9 Å². The van der Waals surface area contributed by atoms with E-state index in [4.69, 9.17) is 4.74 Å². The zero-order valence-corrected chi connectivity index (χ0v) is 18.5. The molecule has 1 amide bonds. The highest BCUT2D eigenvalue weighted by Gasteiger charge is 2.19. The number of nitrogens with zero attached hydrogens (tertiary/aromatic N) is 2. The van der Waals surface area contributed by atoms with Crippen molar-refractivity contribution < 1.29 is 14.6 Å². The number of carbonyl (C=O) groups is 1. The molecule has 3 aromatic rings. The van der Waals surface area contributed by atoms with E-state index in [1.165, 1.54) is 0 Å². The standard InChI is InChI=1S/C22H25BrN4O3/c1-27(2)10-3-11-30-20-12-16(17-13-24-25-14-17)6-9-19(20)26-22(29)21(28)15-4-7-18(23)8-5-15/h4-9,12-14,21,28H,3,10-11H2,1-2H3,(H,24,25)(H,26,29). The van der Waals surface area contributed by atoms with Crippen LogP contribution in [0.15, 0.2) is 59.3 Å². The van der Waals surface area contributed by atoms with Crippen LogP contribution in [0.5, 0.6) is 5.75 Å². The summed E-state index contributed by atoms with van der Waals surface area (Å²) in [5, 5.41) is 20.0. The number of ether oxygens (including phenoxy) is 1. The average Bonchev–Trinajstić information content (AvgIpc) is 3.27. The molecular formula is C22H25BrN4O3. The van der Waals surface area contributed by atoms with Gasteiger partial charge >= 0.3 is 0 Å². The summed E-state index contributed by atoms with van der Waals surface area (Å²) in [5.41, 5.74) is 2.85. The van der Waals surface area contributed by atoms with Gasteiger partial charge in [0.1, 0.15) is 5.75 Å². The predicted octanol–water partition coefficient (Wildman–Crippen LogP) is 3.84. The second kappa shape index (κ2) is 10.4. The van der Waals surface area contributed by atoms with Crippen LogP contribution in [0.3, 0.4) is 0 Å². The van der Waals surface area contributed by atoms with Gasteiger partial charge in [0.25, 0.3) is 5.91 Å². The van der Waals surface area contributed by atoms with Gasteiger partial charge in [-0.05, 0) is 55.9 Å². The number of hydrogen-bond donors (Lipinski definition) is 3. The van der Waals surface area contributed by atoms with E-state index >= 15 is 0 Å². The Morgan fingerprint density at radius 3 is 2.67 bits per heavy atom. The molecule has 1 aromatic heterocycles. The highest BCUT2D eigenvalue weighted by Crippen LogP contribution is 2.31. The molecule has 3 N–H and O–H groups in total. The molecule has 0 saturated carbocycles. The lowest BCUT2D eigenvalue weighted by Crippen LogP contribution is -2.21. The smallest absolute Gasteiger partial charge is 0.257 e. The molecule has 0 saturated heterocycles. The predicted molar refractivity (Wildman–Crippen MR) is 120 cm³/mol. The largest absolute Gasteiger partial charge is 0.491 e. The second-order valence-electron chi connectivity index (χ2n) is 7.15. The first-order chi connectivity index (χ1) is 14.4. The molecule has 2 aromatic carbocycles. The number of aromatic amines is 1. The minimum atomic E-state index is -1.28. The van der Waals surface area contributed by atoms with Crippen LogP contribution in [0, 0.1) is 0 Å². The Hall–Kier alpha value is -2.68. The minimum absolute atomic E-state index is 0.505. The van der Waals surface area contributed by atoms with Crippen molar-refractivity contribution in [1.82, 2.24) is 15.1 Å². The first-order valence-electron chi connectivity index (χ1n) is 9.59. The quantitative estimate of drug-likeness (QED) is 0.411. The van der Waals surface area contributed by atoms with Gasteiger partial charge < -0.3 is 20.1 Å². The molecule has 3 rings (SSSR count). The van der Waals surface area contributed by atoms with Crippen LogP contribution in [0.1, 0.15) is 18.1 Å². The fraction of sp³-hybridized carbons (Fsp3) is 0.273. The van der Waals surface area contributed by atoms with Crippen LogP contribution in [-0.4, -0.2) is 53.4 Å². The third-order valence-corrected chi connectivity index (χ3v) is 5.04. The van der Waals surface area contributed by atoms with Crippen LogP contribution >= 0.6 is 15.9 Å². The maximum atomic E-state index is 12.6. The van der Waals surface area contributed by atoms with Crippen molar-refractivity contribution in [3.8, 4) is 16.9 Å². The Labute approximate surface area is 184 Å². The molecule has 1 atom stereocenters. The van der Waals surface area contributed by atoms with E-state index in [0.717, 1.165) is 28.6 Å². The molecule has 0 bridgehead atoms. The maximum Gasteiger partial charge on any atom is 0.257 e. The lowest BCUT2D eigenvalue weighted by atomic mass is 10.1. The van der Waals surface area contributed by atoms with E-state index in [1.807, 2.05) is 26.2 Å². The van der Waals surface area contributed by atoms with Gasteiger partial charge in [0.15, 0.2) is 6.10 Å². The summed E-state index contributed by atoms with van der Waals surface area (Å²) in [6.07, 6.45) is 3.08. The van der Waals surface area contributed by atoms with Gasteiger partial charge in [-0.3, -0.25) is 9.89 Å². The second-order valence-corrected chi connectivity index (χ2v) is 8.06. The molecule has 158 valence electrons. The number of amides is 1. The first kappa shape index (κ1) is 22.0. The van der Waals surface area contributed by atoms with E-state index in [-0.39, 0.29) is 0 Å². The van der Waals surface area contributed by atoms with Gasteiger partial charge in [-0.1, -0.05) is 34.1 Å². The summed E-state index contributed by atoms with van der Waals surface area (Å²) in [4.78, 5) is 14.7. The van der Waals surface area contributed by atoms with Crippen LogP contribution in [0.25, 0.3) is 11.1 Å². The third kappa shape index (κ3) is 5.91. The maximum absolute atomic E-state index is 12.6. The fourth-order valence-electron chi connectivity index (χ4n) is 2.89. The van der Waals surface area contributed by atoms with Crippen LogP contribution in [0.2, 0.25) is 0 Å². The fourth-order valence-corrected chi connectivity index (χ4v) is 3.16. The number of aliphatic hydroxyl groups excluding tert-OH is 1. The van der Waals surface area contributed by atoms with Crippen molar-refractivity contribution in [2.24, 2.45) is 0 Å². The van der Waals surface area contributed by atoms with Crippen molar-refractivity contribution in [2.45, 2.75) is 12.5 Å². The number of nitrogens with one attached hydrogen (secondary N) is 2. The number of benzene rings is 2. The molecule has 7 nitrogen and oxygen atoms in total. The number of rotatable bonds is 9. The molecule has 0 spiro atoms. The molecule has 0 aliphatic carbocycles. The lowest BCUT2D eigenvalue weighted by molar-refractivity contribution is -0.124. The van der Waals surface area contributed by atoms with Gasteiger partial charge in [0.05, 0.1) is 18.5 Å². The zero-order valence-electron chi connectivity index (χ0n) is 16.9. The number of carbonyl (C=O) groups excluding carboxylic acids is 1. The monoisotopic (exact) mass is 472 g/mol. The SMILES string of the molecule is CN(C)CCCOc1cc(-c2cn[nH]c2)ccc1NC(=O)C(O)c1ccc(Br)cc1. The molecular weight excluding hydrogens is 448 g/mol. The Morgan fingerprint density at radius 2 is 2.00 bits per heavy atom. The molecule has 0 aliphatic heterocycles. The van der Waals surface area contributed by atoms with Crippen molar-refractivity contribution in [2.75, 3.05) is 32.6 Å². The molecule has 8 heteroatoms. The molecule has 1 heterocycles. The number of aromatic nitrogens is 2. The van der Waals surface area contributed by atoms with Crippen molar-refractivity contribution in [3.63, 3.8) is 0 Å². The molecule has 0 radical (unpaired) electrons. The summed E-state index contributed by atoms with van der Waals surface area (Å²) in [5.74, 6) is 0.0235.